The summed E-state index contributed by atoms with van der Waals surface area (Å²) < 4.78 is 53.3. The Labute approximate surface area is 159 Å². The summed E-state index contributed by atoms with van der Waals surface area (Å²) in [7, 11) is -0.201. The Morgan fingerprint density at radius 3 is 2.68 bits per heavy atom. The second-order valence-corrected chi connectivity index (χ2v) is 8.06. The maximum absolute atomic E-state index is 14.9. The predicted molar refractivity (Wildman–Crippen MR) is 93.3 cm³/mol. The minimum atomic E-state index is -3.84. The van der Waals surface area contributed by atoms with Gasteiger partial charge in [-0.1, -0.05) is 0 Å². The zero-order valence-electron chi connectivity index (χ0n) is 15.6. The Kier molecular flexibility index (Phi) is 5.58. The van der Waals surface area contributed by atoms with Crippen molar-refractivity contribution in [3.63, 3.8) is 0 Å². The van der Waals surface area contributed by atoms with E-state index in [1.807, 2.05) is 0 Å². The quantitative estimate of drug-likeness (QED) is 0.611. The summed E-state index contributed by atoms with van der Waals surface area (Å²) in [5, 5.41) is 10.7. The fourth-order valence-corrected chi connectivity index (χ4v) is 3.61. The van der Waals surface area contributed by atoms with E-state index in [2.05, 4.69) is 24.0 Å². The van der Waals surface area contributed by atoms with Crippen LogP contribution in [0.2, 0.25) is 0 Å². The molecule has 0 spiro atoms. The van der Waals surface area contributed by atoms with Gasteiger partial charge in [-0.15, -0.1) is 0 Å². The summed E-state index contributed by atoms with van der Waals surface area (Å²) in [4.78, 5) is 12.1. The molecule has 2 aromatic heterocycles. The van der Waals surface area contributed by atoms with E-state index in [1.165, 1.54) is 24.9 Å². The zero-order chi connectivity index (χ0) is 20.7. The maximum Gasteiger partial charge on any atom is 0.474 e. The summed E-state index contributed by atoms with van der Waals surface area (Å²) in [5.74, 6) is 0.0262. The molecule has 0 amide bonds. The number of fused-ring (bicyclic) bond motifs is 1. The van der Waals surface area contributed by atoms with Gasteiger partial charge < -0.3 is 20.3 Å². The number of phosphoric acid groups is 1. The molecule has 3 heterocycles. The van der Waals surface area contributed by atoms with Crippen LogP contribution < -0.4 is 10.5 Å². The normalized spacial score (nSPS) is 28.1. The third-order valence-corrected chi connectivity index (χ3v) is 5.74. The summed E-state index contributed by atoms with van der Waals surface area (Å²) in [5.41, 5.74) is 4.13. The summed E-state index contributed by atoms with van der Waals surface area (Å²) in [6.07, 6.45) is -3.09. The molecule has 4 atom stereocenters. The molecule has 3 rings (SSSR count). The molecule has 12 nitrogen and oxygen atoms in total. The molecule has 3 N–H and O–H groups in total. The van der Waals surface area contributed by atoms with Gasteiger partial charge in [0.2, 0.25) is 11.8 Å². The van der Waals surface area contributed by atoms with Gasteiger partial charge in [0.15, 0.2) is 23.6 Å². The fraction of sp³-hybridized carbons (Fsp3) is 0.643. The molecule has 0 saturated carbocycles. The number of aliphatic hydroxyl groups is 1. The molecule has 14 heteroatoms. The van der Waals surface area contributed by atoms with E-state index in [0.717, 1.165) is 14.2 Å². The number of methoxy groups -OCH3 is 1. The number of halogens is 1. The second-order valence-electron chi connectivity index (χ2n) is 6.18. The lowest BCUT2D eigenvalue weighted by Gasteiger charge is -2.26. The average molecular weight is 421 g/mol. The largest absolute Gasteiger partial charge is 0.479 e. The zero-order valence-corrected chi connectivity index (χ0v) is 16.5. The highest BCUT2D eigenvalue weighted by molar-refractivity contribution is 7.48. The van der Waals surface area contributed by atoms with E-state index in [-0.39, 0.29) is 23.0 Å². The number of nitrogens with zero attached hydrogens (tertiary/aromatic N) is 4. The van der Waals surface area contributed by atoms with Gasteiger partial charge in [-0.2, -0.15) is 9.97 Å². The number of hydrogen-bond donors (Lipinski definition) is 2. The number of nitrogen functional groups attached to an aromatic ring is 1. The van der Waals surface area contributed by atoms with Gasteiger partial charge in [0.05, 0.1) is 20.0 Å². The molecule has 0 aromatic carbocycles. The molecule has 0 bridgehead atoms. The van der Waals surface area contributed by atoms with Crippen LogP contribution in [0, 0.1) is 0 Å². The summed E-state index contributed by atoms with van der Waals surface area (Å²) >= 11 is 0. The van der Waals surface area contributed by atoms with E-state index < -0.39 is 38.5 Å². The smallest absolute Gasteiger partial charge is 0.474 e. The monoisotopic (exact) mass is 421 g/mol. The molecule has 2 aromatic rings. The highest BCUT2D eigenvalue weighted by Gasteiger charge is 2.55. The maximum atomic E-state index is 14.9. The van der Waals surface area contributed by atoms with Crippen molar-refractivity contribution in [2.24, 2.45) is 0 Å². The number of phosphoric ester groups is 1. The second kappa shape index (κ2) is 7.50. The SMILES string of the molecule is COc1nc(N)nc2c1ncn2C1OC(COP(=O)(OC)OC)C(F)C1(C)O. The van der Waals surface area contributed by atoms with Crippen LogP contribution in [-0.4, -0.2) is 70.4 Å². The van der Waals surface area contributed by atoms with Crippen LogP contribution in [0.15, 0.2) is 6.33 Å². The molecular formula is C14H21FN5O7P. The highest BCUT2D eigenvalue weighted by Crippen LogP contribution is 2.49. The van der Waals surface area contributed by atoms with Crippen molar-refractivity contribution in [1.82, 2.24) is 19.5 Å². The summed E-state index contributed by atoms with van der Waals surface area (Å²) in [6, 6.07) is 0. The molecule has 1 fully saturated rings. The fourth-order valence-electron chi connectivity index (χ4n) is 2.92. The standard InChI is InChI=1S/C14H21FN5O7P/c1-14(21)9(15)7(5-26-28(22,24-3)25-4)27-12(14)20-6-17-8-10(20)18-13(16)19-11(8)23-2/h6-7,9,12,21H,5H2,1-4H3,(H2,16,18,19). The van der Waals surface area contributed by atoms with Crippen molar-refractivity contribution in [2.75, 3.05) is 33.7 Å². The molecule has 1 aliphatic heterocycles. The van der Waals surface area contributed by atoms with E-state index in [4.69, 9.17) is 19.7 Å². The number of hydrogen-bond acceptors (Lipinski definition) is 11. The number of anilines is 1. The lowest BCUT2D eigenvalue weighted by molar-refractivity contribution is -0.0890. The lowest BCUT2D eigenvalue weighted by atomic mass is 9.98. The van der Waals surface area contributed by atoms with Gasteiger partial charge in [0.1, 0.15) is 11.7 Å². The highest BCUT2D eigenvalue weighted by atomic mass is 31.2. The van der Waals surface area contributed by atoms with Crippen LogP contribution in [0.4, 0.5) is 10.3 Å². The van der Waals surface area contributed by atoms with E-state index in [1.54, 1.807) is 0 Å². The number of imidazole rings is 1. The van der Waals surface area contributed by atoms with Crippen LogP contribution in [0.25, 0.3) is 11.2 Å². The molecular weight excluding hydrogens is 400 g/mol. The molecule has 156 valence electrons. The number of rotatable bonds is 7. The molecule has 28 heavy (non-hydrogen) atoms. The van der Waals surface area contributed by atoms with Crippen LogP contribution >= 0.6 is 7.82 Å². The third-order valence-electron chi connectivity index (χ3n) is 4.39. The molecule has 0 aliphatic carbocycles. The Morgan fingerprint density at radius 1 is 1.39 bits per heavy atom. The molecule has 1 aliphatic rings. The van der Waals surface area contributed by atoms with Crippen LogP contribution in [0.1, 0.15) is 13.2 Å². The first-order valence-corrected chi connectivity index (χ1v) is 9.55. The van der Waals surface area contributed by atoms with Crippen LogP contribution in [-0.2, 0) is 22.9 Å². The summed E-state index contributed by atoms with van der Waals surface area (Å²) in [6.45, 7) is 0.766. The van der Waals surface area contributed by atoms with Gasteiger partial charge >= 0.3 is 7.82 Å². The third kappa shape index (κ3) is 3.45. The average Bonchev–Trinajstić information content (AvgIpc) is 3.18. The lowest BCUT2D eigenvalue weighted by Crippen LogP contribution is -2.41. The Hall–Kier alpha value is -1.89. The van der Waals surface area contributed by atoms with Crippen molar-refractivity contribution < 1.29 is 37.1 Å². The van der Waals surface area contributed by atoms with Crippen LogP contribution in [0.5, 0.6) is 5.88 Å². The van der Waals surface area contributed by atoms with E-state index in [0.29, 0.717) is 0 Å². The van der Waals surface area contributed by atoms with E-state index in [9.17, 15) is 14.1 Å². The predicted octanol–water partition coefficient (Wildman–Crippen LogP) is 0.821. The molecule has 1 saturated heterocycles. The first kappa shape index (κ1) is 20.8. The van der Waals surface area contributed by atoms with Crippen molar-refractivity contribution in [2.45, 2.75) is 31.0 Å². The van der Waals surface area contributed by atoms with Gasteiger partial charge in [-0.05, 0) is 6.92 Å². The first-order chi connectivity index (χ1) is 13.2. The Morgan fingerprint density at radius 2 is 2.07 bits per heavy atom. The van der Waals surface area contributed by atoms with Gasteiger partial charge in [0, 0.05) is 14.2 Å². The number of nitrogens with two attached hydrogens (primary N) is 1. The van der Waals surface area contributed by atoms with Gasteiger partial charge in [-0.25, -0.2) is 13.9 Å². The number of ether oxygens (including phenoxy) is 2. The van der Waals surface area contributed by atoms with Crippen LogP contribution in [0.3, 0.4) is 0 Å². The topological polar surface area (TPSA) is 153 Å². The van der Waals surface area contributed by atoms with Crippen molar-refractivity contribution in [3.05, 3.63) is 6.33 Å². The Balaban J connectivity index is 1.92. The Bertz CT molecular complexity index is 902. The molecule has 4 unspecified atom stereocenters. The molecule has 0 radical (unpaired) electrons. The minimum Gasteiger partial charge on any atom is -0.479 e. The van der Waals surface area contributed by atoms with Crippen molar-refractivity contribution in [3.8, 4) is 5.88 Å². The van der Waals surface area contributed by atoms with Gasteiger partial charge in [0.25, 0.3) is 0 Å². The number of aromatic nitrogens is 4. The van der Waals surface area contributed by atoms with E-state index >= 15 is 0 Å². The van der Waals surface area contributed by atoms with Gasteiger partial charge in [-0.3, -0.25) is 18.1 Å². The first-order valence-electron chi connectivity index (χ1n) is 8.08. The minimum absolute atomic E-state index is 0.0958. The van der Waals surface area contributed by atoms with Crippen molar-refractivity contribution >= 4 is 24.9 Å². The van der Waals surface area contributed by atoms with Crippen molar-refractivity contribution in [1.29, 1.82) is 0 Å². The number of alkyl halides is 1.